The van der Waals surface area contributed by atoms with E-state index in [4.69, 9.17) is 11.6 Å². The van der Waals surface area contributed by atoms with E-state index in [9.17, 15) is 4.79 Å². The van der Waals surface area contributed by atoms with Gasteiger partial charge in [-0.15, -0.1) is 0 Å². The lowest BCUT2D eigenvalue weighted by Gasteiger charge is -2.36. The van der Waals surface area contributed by atoms with Gasteiger partial charge in [0, 0.05) is 43.4 Å². The molecule has 1 aliphatic rings. The first-order chi connectivity index (χ1) is 10.6. The number of carbonyl (C=O) groups excluding carboxylic acids is 1. The highest BCUT2D eigenvalue weighted by molar-refractivity contribution is 6.30. The van der Waals surface area contributed by atoms with Crippen LogP contribution in [0.5, 0.6) is 0 Å². The zero-order chi connectivity index (χ0) is 15.9. The van der Waals surface area contributed by atoms with Crippen LogP contribution in [-0.2, 0) is 0 Å². The molecule has 22 heavy (non-hydrogen) atoms. The van der Waals surface area contributed by atoms with Crippen molar-refractivity contribution in [2.45, 2.75) is 26.7 Å². The summed E-state index contributed by atoms with van der Waals surface area (Å²) in [5.74, 6) is 0.693. The molecule has 0 unspecified atom stereocenters. The molecule has 0 aliphatic carbocycles. The summed E-state index contributed by atoms with van der Waals surface area (Å²) < 4.78 is 0. The fraction of sp³-hybridized carbons (Fsp3) is 0.588. The molecule has 0 atom stereocenters. The smallest absolute Gasteiger partial charge is 0.317 e. The lowest BCUT2D eigenvalue weighted by Crippen LogP contribution is -2.52. The zero-order valence-electron chi connectivity index (χ0n) is 13.5. The number of nitrogens with one attached hydrogen (secondary N) is 1. The summed E-state index contributed by atoms with van der Waals surface area (Å²) >= 11 is 6.04. The third-order valence-electron chi connectivity index (χ3n) is 3.97. The normalized spacial score (nSPS) is 15.3. The predicted octanol–water partition coefficient (Wildman–Crippen LogP) is 3.61. The topological polar surface area (TPSA) is 35.6 Å². The summed E-state index contributed by atoms with van der Waals surface area (Å²) in [6.07, 6.45) is 2.20. The number of nitrogens with zero attached hydrogens (tertiary/aromatic N) is 2. The van der Waals surface area contributed by atoms with Crippen LogP contribution in [0.25, 0.3) is 0 Å². The first kappa shape index (κ1) is 16.9. The predicted molar refractivity (Wildman–Crippen MR) is 92.7 cm³/mol. The Bertz CT molecular complexity index is 485. The zero-order valence-corrected chi connectivity index (χ0v) is 14.3. The van der Waals surface area contributed by atoms with E-state index in [0.29, 0.717) is 5.92 Å². The maximum absolute atomic E-state index is 12.1. The minimum atomic E-state index is 0.0644. The Morgan fingerprint density at radius 2 is 2.00 bits per heavy atom. The number of anilines is 1. The van der Waals surface area contributed by atoms with Gasteiger partial charge in [0.05, 0.1) is 0 Å². The van der Waals surface area contributed by atoms with Crippen molar-refractivity contribution in [2.24, 2.45) is 5.92 Å². The molecule has 1 fully saturated rings. The average molecular weight is 324 g/mol. The highest BCUT2D eigenvalue weighted by atomic mass is 35.5. The van der Waals surface area contributed by atoms with E-state index in [1.54, 1.807) is 0 Å². The van der Waals surface area contributed by atoms with Gasteiger partial charge in [0.2, 0.25) is 0 Å². The molecule has 1 aliphatic heterocycles. The van der Waals surface area contributed by atoms with Crippen LogP contribution in [0.2, 0.25) is 5.02 Å². The van der Waals surface area contributed by atoms with Crippen molar-refractivity contribution < 1.29 is 4.79 Å². The molecular weight excluding hydrogens is 298 g/mol. The number of amides is 2. The van der Waals surface area contributed by atoms with Crippen molar-refractivity contribution in [3.8, 4) is 0 Å². The van der Waals surface area contributed by atoms with E-state index in [2.05, 4.69) is 30.1 Å². The number of rotatable bonds is 5. The molecular formula is C17H26ClN3O. The molecule has 1 aromatic rings. The van der Waals surface area contributed by atoms with E-state index < -0.39 is 0 Å². The maximum Gasteiger partial charge on any atom is 0.317 e. The van der Waals surface area contributed by atoms with Gasteiger partial charge >= 0.3 is 6.03 Å². The molecule has 2 rings (SSSR count). The highest BCUT2D eigenvalue weighted by Gasteiger charge is 2.20. The first-order valence-corrected chi connectivity index (χ1v) is 8.47. The Hall–Kier alpha value is -1.42. The number of piperazine rings is 1. The maximum atomic E-state index is 12.1. The second-order valence-corrected chi connectivity index (χ2v) is 6.66. The van der Waals surface area contributed by atoms with E-state index in [1.807, 2.05) is 23.1 Å². The third kappa shape index (κ3) is 5.09. The Morgan fingerprint density at radius 3 is 2.64 bits per heavy atom. The number of hydrogen-bond acceptors (Lipinski definition) is 2. The molecule has 0 aromatic heterocycles. The molecule has 0 spiro atoms. The number of urea groups is 1. The van der Waals surface area contributed by atoms with Gasteiger partial charge in [0.15, 0.2) is 0 Å². The second-order valence-electron chi connectivity index (χ2n) is 6.22. The van der Waals surface area contributed by atoms with Crippen LogP contribution in [0, 0.1) is 5.92 Å². The molecule has 1 heterocycles. The fourth-order valence-corrected chi connectivity index (χ4v) is 2.84. The highest BCUT2D eigenvalue weighted by Crippen LogP contribution is 2.20. The van der Waals surface area contributed by atoms with Gasteiger partial charge in [-0.1, -0.05) is 31.5 Å². The van der Waals surface area contributed by atoms with Crippen molar-refractivity contribution in [3.05, 3.63) is 29.3 Å². The molecule has 0 bridgehead atoms. The molecule has 1 saturated heterocycles. The number of benzene rings is 1. The Labute approximate surface area is 138 Å². The Morgan fingerprint density at radius 1 is 1.27 bits per heavy atom. The summed E-state index contributed by atoms with van der Waals surface area (Å²) in [5, 5.41) is 3.77. The van der Waals surface area contributed by atoms with Crippen LogP contribution in [-0.4, -0.2) is 43.7 Å². The second kappa shape index (κ2) is 8.28. The molecule has 2 amide bonds. The minimum absolute atomic E-state index is 0.0644. The van der Waals surface area contributed by atoms with Gasteiger partial charge in [-0.25, -0.2) is 4.79 Å². The fourth-order valence-electron chi connectivity index (χ4n) is 2.66. The molecule has 1 N–H and O–H groups in total. The standard InChI is InChI=1S/C17H26ClN3O/c1-14(2)5-4-8-19-17(22)21-11-9-20(10-12-21)16-7-3-6-15(18)13-16/h3,6-7,13-14H,4-5,8-12H2,1-2H3,(H,19,22). The van der Waals surface area contributed by atoms with Crippen molar-refractivity contribution >= 4 is 23.3 Å². The summed E-state index contributed by atoms with van der Waals surface area (Å²) in [6, 6.07) is 7.95. The molecule has 5 heteroatoms. The van der Waals surface area contributed by atoms with Gasteiger partial charge in [-0.05, 0) is 37.0 Å². The number of halogens is 1. The van der Waals surface area contributed by atoms with E-state index in [-0.39, 0.29) is 6.03 Å². The monoisotopic (exact) mass is 323 g/mol. The van der Waals surface area contributed by atoms with E-state index >= 15 is 0 Å². The van der Waals surface area contributed by atoms with Crippen molar-refractivity contribution in [1.82, 2.24) is 10.2 Å². The lowest BCUT2D eigenvalue weighted by atomic mass is 10.1. The summed E-state index contributed by atoms with van der Waals surface area (Å²) in [5.41, 5.74) is 1.13. The van der Waals surface area contributed by atoms with Crippen LogP contribution >= 0.6 is 11.6 Å². The largest absolute Gasteiger partial charge is 0.368 e. The Balaban J connectivity index is 1.73. The summed E-state index contributed by atoms with van der Waals surface area (Å²) in [7, 11) is 0. The lowest BCUT2D eigenvalue weighted by molar-refractivity contribution is 0.194. The van der Waals surface area contributed by atoms with Crippen LogP contribution < -0.4 is 10.2 Å². The van der Waals surface area contributed by atoms with Crippen molar-refractivity contribution in [2.75, 3.05) is 37.6 Å². The number of carbonyl (C=O) groups is 1. The van der Waals surface area contributed by atoms with Gasteiger partial charge in [0.1, 0.15) is 0 Å². The van der Waals surface area contributed by atoms with Crippen molar-refractivity contribution in [3.63, 3.8) is 0 Å². The summed E-state index contributed by atoms with van der Waals surface area (Å²) in [4.78, 5) is 16.3. The third-order valence-corrected chi connectivity index (χ3v) is 4.21. The molecule has 0 radical (unpaired) electrons. The number of hydrogen-bond donors (Lipinski definition) is 1. The van der Waals surface area contributed by atoms with Crippen LogP contribution in [0.1, 0.15) is 26.7 Å². The molecule has 0 saturated carbocycles. The average Bonchev–Trinajstić information content (AvgIpc) is 2.51. The van der Waals surface area contributed by atoms with Crippen molar-refractivity contribution in [1.29, 1.82) is 0 Å². The van der Waals surface area contributed by atoms with Crippen LogP contribution in [0.3, 0.4) is 0 Å². The molecule has 1 aromatic carbocycles. The van der Waals surface area contributed by atoms with E-state index in [1.165, 1.54) is 0 Å². The van der Waals surface area contributed by atoms with Crippen LogP contribution in [0.4, 0.5) is 10.5 Å². The first-order valence-electron chi connectivity index (χ1n) is 8.09. The minimum Gasteiger partial charge on any atom is -0.368 e. The molecule has 122 valence electrons. The van der Waals surface area contributed by atoms with E-state index in [0.717, 1.165) is 56.3 Å². The van der Waals surface area contributed by atoms with Gasteiger partial charge < -0.3 is 15.1 Å². The van der Waals surface area contributed by atoms with Gasteiger partial charge in [0.25, 0.3) is 0 Å². The van der Waals surface area contributed by atoms with Gasteiger partial charge in [-0.3, -0.25) is 0 Å². The SMILES string of the molecule is CC(C)CCCNC(=O)N1CCN(c2cccc(Cl)c2)CC1. The van der Waals surface area contributed by atoms with Crippen LogP contribution in [0.15, 0.2) is 24.3 Å². The quantitative estimate of drug-likeness (QED) is 0.840. The summed E-state index contributed by atoms with van der Waals surface area (Å²) in [6.45, 7) is 8.38. The molecule has 4 nitrogen and oxygen atoms in total. The van der Waals surface area contributed by atoms with Gasteiger partial charge in [-0.2, -0.15) is 0 Å². The Kier molecular flexibility index (Phi) is 6.37.